The molecule has 3 aromatic heterocycles. The van der Waals surface area contributed by atoms with Crippen LogP contribution in [0.25, 0.3) is 5.69 Å². The van der Waals surface area contributed by atoms with E-state index in [1.807, 2.05) is 6.92 Å². The second-order valence-corrected chi connectivity index (χ2v) is 7.95. The number of aliphatic hydroxyl groups is 1. The number of tetrazole rings is 1. The van der Waals surface area contributed by atoms with Crippen molar-refractivity contribution in [1.82, 2.24) is 39.5 Å². The normalized spacial score (nSPS) is 14.6. The van der Waals surface area contributed by atoms with E-state index < -0.39 is 46.6 Å². The molecule has 4 rings (SSSR count). The minimum atomic E-state index is -4.21. The Labute approximate surface area is 195 Å². The third-order valence-electron chi connectivity index (χ3n) is 5.73. The van der Waals surface area contributed by atoms with Gasteiger partial charge in [-0.1, -0.05) is 6.92 Å². The molecule has 0 saturated carbocycles. The van der Waals surface area contributed by atoms with Crippen LogP contribution in [0.1, 0.15) is 37.6 Å². The van der Waals surface area contributed by atoms with Crippen molar-refractivity contribution >= 4 is 0 Å². The molecule has 10 nitrogen and oxygen atoms in total. The summed E-state index contributed by atoms with van der Waals surface area (Å²) in [5, 5.41) is 25.4. The molecule has 0 bridgehead atoms. The summed E-state index contributed by atoms with van der Waals surface area (Å²) in [5.74, 6) is -6.60. The van der Waals surface area contributed by atoms with Gasteiger partial charge in [0.15, 0.2) is 5.60 Å². The lowest BCUT2D eigenvalue weighted by Crippen LogP contribution is -2.48. The summed E-state index contributed by atoms with van der Waals surface area (Å²) in [6.07, 6.45) is 3.86. The van der Waals surface area contributed by atoms with Crippen LogP contribution < -0.4 is 5.69 Å². The molecular weight excluding hydrogens is 472 g/mol. The van der Waals surface area contributed by atoms with Crippen molar-refractivity contribution < 1.29 is 22.7 Å². The quantitative estimate of drug-likeness (QED) is 0.375. The lowest BCUT2D eigenvalue weighted by Gasteiger charge is -2.35. The fraction of sp³-hybridized carbons (Fsp3) is 0.333. The van der Waals surface area contributed by atoms with Crippen LogP contribution in [0.4, 0.5) is 17.6 Å². The van der Waals surface area contributed by atoms with Crippen molar-refractivity contribution in [3.63, 3.8) is 0 Å². The minimum absolute atomic E-state index is 0.154. The number of rotatable bonds is 8. The first-order valence-electron chi connectivity index (χ1n) is 10.5. The molecule has 1 N–H and O–H groups in total. The Bertz CT molecular complexity index is 1370. The number of alkyl halides is 2. The molecule has 0 aliphatic heterocycles. The van der Waals surface area contributed by atoms with E-state index in [0.717, 1.165) is 40.0 Å². The highest BCUT2D eigenvalue weighted by Gasteiger charge is 2.58. The maximum Gasteiger partial charge on any atom is 0.350 e. The van der Waals surface area contributed by atoms with Gasteiger partial charge in [-0.2, -0.15) is 13.9 Å². The summed E-state index contributed by atoms with van der Waals surface area (Å²) in [5.41, 5.74) is -5.39. The topological polar surface area (TPSA) is 117 Å². The maximum absolute atomic E-state index is 15.8. The molecule has 184 valence electrons. The van der Waals surface area contributed by atoms with Crippen molar-refractivity contribution in [2.75, 3.05) is 0 Å². The molecule has 0 amide bonds. The Balaban J connectivity index is 1.76. The maximum atomic E-state index is 15.8. The summed E-state index contributed by atoms with van der Waals surface area (Å²) in [6, 6.07) is 3.77. The van der Waals surface area contributed by atoms with E-state index in [4.69, 9.17) is 0 Å². The van der Waals surface area contributed by atoms with E-state index in [9.17, 15) is 18.7 Å². The van der Waals surface area contributed by atoms with E-state index >= 15 is 8.78 Å². The molecule has 14 heteroatoms. The van der Waals surface area contributed by atoms with Crippen LogP contribution in [0.15, 0.2) is 54.0 Å². The molecule has 0 spiro atoms. The number of hydrogen-bond donors (Lipinski definition) is 1. The summed E-state index contributed by atoms with van der Waals surface area (Å²) >= 11 is 0. The van der Waals surface area contributed by atoms with Crippen LogP contribution in [-0.4, -0.2) is 44.6 Å². The number of aromatic nitrogens is 8. The Kier molecular flexibility index (Phi) is 6.23. The van der Waals surface area contributed by atoms with Crippen LogP contribution >= 0.6 is 0 Å². The molecule has 3 heterocycles. The van der Waals surface area contributed by atoms with Crippen LogP contribution in [0.5, 0.6) is 0 Å². The van der Waals surface area contributed by atoms with E-state index in [-0.39, 0.29) is 11.7 Å². The summed E-state index contributed by atoms with van der Waals surface area (Å²) in [7, 11) is 0. The molecule has 2 unspecified atom stereocenters. The molecule has 4 aromatic rings. The van der Waals surface area contributed by atoms with E-state index in [1.165, 1.54) is 17.1 Å². The zero-order valence-corrected chi connectivity index (χ0v) is 18.6. The monoisotopic (exact) mass is 492 g/mol. The van der Waals surface area contributed by atoms with Gasteiger partial charge >= 0.3 is 11.6 Å². The number of benzene rings is 1. The molecule has 0 saturated heterocycles. The fourth-order valence-electron chi connectivity index (χ4n) is 3.56. The van der Waals surface area contributed by atoms with Gasteiger partial charge in [0.25, 0.3) is 0 Å². The Morgan fingerprint density at radius 3 is 2.51 bits per heavy atom. The van der Waals surface area contributed by atoms with Gasteiger partial charge in [-0.25, -0.2) is 27.5 Å². The van der Waals surface area contributed by atoms with Crippen LogP contribution in [0, 0.1) is 11.6 Å². The molecule has 0 aliphatic rings. The first-order valence-corrected chi connectivity index (χ1v) is 10.5. The Hall–Kier alpha value is -3.94. The molecule has 0 radical (unpaired) electrons. The van der Waals surface area contributed by atoms with Gasteiger partial charge in [0.2, 0.25) is 0 Å². The summed E-state index contributed by atoms with van der Waals surface area (Å²) in [4.78, 5) is 16.3. The molecule has 0 aliphatic carbocycles. The third-order valence-corrected chi connectivity index (χ3v) is 5.73. The van der Waals surface area contributed by atoms with Gasteiger partial charge < -0.3 is 5.11 Å². The molecule has 1 aromatic carbocycles. The van der Waals surface area contributed by atoms with Crippen LogP contribution in [0.2, 0.25) is 0 Å². The van der Waals surface area contributed by atoms with Crippen LogP contribution in [-0.2, 0) is 18.1 Å². The standard InChI is InChI=1S/C21H20F4N8O2/c1-3-13(2)33-19(34)32(12-28-33)15-5-7-18(26-9-15)21(24,25)20(35,10-31-11-27-29-30-31)16-6-4-14(22)8-17(16)23/h4-9,11-13,35H,3,10H2,1-2H3. The summed E-state index contributed by atoms with van der Waals surface area (Å²) in [6.45, 7) is 2.72. The van der Waals surface area contributed by atoms with E-state index in [2.05, 4.69) is 25.6 Å². The molecule has 0 fully saturated rings. The van der Waals surface area contributed by atoms with E-state index in [1.54, 1.807) is 6.92 Å². The Morgan fingerprint density at radius 2 is 1.91 bits per heavy atom. The molecule has 2 atom stereocenters. The van der Waals surface area contributed by atoms with Gasteiger partial charge in [0.1, 0.15) is 30.0 Å². The average molecular weight is 492 g/mol. The Morgan fingerprint density at radius 1 is 1.14 bits per heavy atom. The minimum Gasteiger partial charge on any atom is -0.377 e. The number of pyridine rings is 1. The highest BCUT2D eigenvalue weighted by atomic mass is 19.3. The zero-order valence-electron chi connectivity index (χ0n) is 18.6. The predicted octanol–water partition coefficient (Wildman–Crippen LogP) is 2.34. The smallest absolute Gasteiger partial charge is 0.350 e. The number of hydrogen-bond acceptors (Lipinski definition) is 7. The van der Waals surface area contributed by atoms with Gasteiger partial charge in [0.05, 0.1) is 24.5 Å². The first kappa shape index (κ1) is 24.2. The zero-order chi connectivity index (χ0) is 25.4. The van der Waals surface area contributed by atoms with Crippen molar-refractivity contribution in [3.8, 4) is 5.69 Å². The molecular formula is C21H20F4N8O2. The average Bonchev–Trinajstić information content (AvgIpc) is 3.47. The SMILES string of the molecule is CCC(C)n1ncn(-c2ccc(C(F)(F)C(O)(Cn3cnnn3)c3ccc(F)cc3F)nc2)c1=O. The van der Waals surface area contributed by atoms with Gasteiger partial charge in [-0.15, -0.1) is 5.10 Å². The predicted molar refractivity (Wildman–Crippen MR) is 113 cm³/mol. The van der Waals surface area contributed by atoms with Crippen molar-refractivity contribution in [2.24, 2.45) is 0 Å². The lowest BCUT2D eigenvalue weighted by atomic mass is 9.84. The van der Waals surface area contributed by atoms with Crippen molar-refractivity contribution in [1.29, 1.82) is 0 Å². The van der Waals surface area contributed by atoms with Crippen molar-refractivity contribution in [2.45, 2.75) is 44.4 Å². The second-order valence-electron chi connectivity index (χ2n) is 7.95. The summed E-state index contributed by atoms with van der Waals surface area (Å²) < 4.78 is 62.8. The molecule has 35 heavy (non-hydrogen) atoms. The highest BCUT2D eigenvalue weighted by Crippen LogP contribution is 2.46. The fourth-order valence-corrected chi connectivity index (χ4v) is 3.56. The van der Waals surface area contributed by atoms with Crippen LogP contribution in [0.3, 0.4) is 0 Å². The lowest BCUT2D eigenvalue weighted by molar-refractivity contribution is -0.207. The van der Waals surface area contributed by atoms with Crippen molar-refractivity contribution in [3.05, 3.63) is 82.6 Å². The largest absolute Gasteiger partial charge is 0.377 e. The van der Waals surface area contributed by atoms with Gasteiger partial charge in [0, 0.05) is 11.6 Å². The first-order chi connectivity index (χ1) is 16.6. The third kappa shape index (κ3) is 4.20. The number of halogens is 4. The highest BCUT2D eigenvalue weighted by molar-refractivity contribution is 5.34. The number of nitrogens with zero attached hydrogens (tertiary/aromatic N) is 8. The second kappa shape index (κ2) is 9.02. The van der Waals surface area contributed by atoms with E-state index in [0.29, 0.717) is 12.5 Å². The van der Waals surface area contributed by atoms with Gasteiger partial charge in [-0.3, -0.25) is 4.98 Å². The van der Waals surface area contributed by atoms with Gasteiger partial charge in [-0.05, 0) is 48.0 Å².